The maximum Gasteiger partial charge on any atom is 0.242 e. The predicted octanol–water partition coefficient (Wildman–Crippen LogP) is 2.18. The molecule has 0 fully saturated rings. The second-order valence-corrected chi connectivity index (χ2v) is 5.90. The van der Waals surface area contributed by atoms with Crippen LogP contribution in [0.25, 0.3) is 0 Å². The third-order valence-electron chi connectivity index (χ3n) is 2.00. The maximum absolute atomic E-state index is 13.4. The van der Waals surface area contributed by atoms with Gasteiger partial charge in [-0.25, -0.2) is 17.5 Å². The van der Waals surface area contributed by atoms with Gasteiger partial charge in [0.25, 0.3) is 0 Å². The van der Waals surface area contributed by atoms with E-state index in [-0.39, 0.29) is 28.9 Å². The minimum atomic E-state index is -3.90. The molecule has 0 saturated carbocycles. The summed E-state index contributed by atoms with van der Waals surface area (Å²) < 4.78 is 39.3. The van der Waals surface area contributed by atoms with Gasteiger partial charge in [-0.15, -0.1) is 12.4 Å². The average Bonchev–Trinajstić information content (AvgIpc) is 2.24. The molecule has 0 unspecified atom stereocenters. The summed E-state index contributed by atoms with van der Waals surface area (Å²) in [7, 11) is -3.90. The highest BCUT2D eigenvalue weighted by Gasteiger charge is 2.23. The Bertz CT molecular complexity index is 525. The molecular formula is C9H12Cl3FN2O2S. The fraction of sp³-hybridized carbons (Fsp3) is 0.333. The van der Waals surface area contributed by atoms with Crippen LogP contribution < -0.4 is 10.5 Å². The number of halogens is 4. The van der Waals surface area contributed by atoms with Gasteiger partial charge in [-0.1, -0.05) is 23.2 Å². The second kappa shape index (κ2) is 6.88. The van der Waals surface area contributed by atoms with Gasteiger partial charge in [0, 0.05) is 12.6 Å². The van der Waals surface area contributed by atoms with Crippen molar-refractivity contribution in [2.75, 3.05) is 6.54 Å². The van der Waals surface area contributed by atoms with Crippen molar-refractivity contribution in [2.45, 2.75) is 17.9 Å². The first-order valence-corrected chi connectivity index (χ1v) is 6.89. The Morgan fingerprint density at radius 1 is 1.44 bits per heavy atom. The Morgan fingerprint density at radius 2 is 2.00 bits per heavy atom. The second-order valence-electron chi connectivity index (χ2n) is 3.43. The van der Waals surface area contributed by atoms with Gasteiger partial charge < -0.3 is 5.73 Å². The minimum Gasteiger partial charge on any atom is -0.329 e. The van der Waals surface area contributed by atoms with E-state index < -0.39 is 26.9 Å². The zero-order valence-corrected chi connectivity index (χ0v) is 12.4. The Labute approximate surface area is 121 Å². The first-order chi connectivity index (χ1) is 7.79. The monoisotopic (exact) mass is 336 g/mol. The van der Waals surface area contributed by atoms with Crippen LogP contribution in [0.4, 0.5) is 4.39 Å². The van der Waals surface area contributed by atoms with Crippen molar-refractivity contribution in [1.82, 2.24) is 4.72 Å². The quantitative estimate of drug-likeness (QED) is 0.827. The topological polar surface area (TPSA) is 72.2 Å². The molecule has 1 aromatic rings. The van der Waals surface area contributed by atoms with E-state index in [0.29, 0.717) is 0 Å². The summed E-state index contributed by atoms with van der Waals surface area (Å²) in [6, 6.07) is 1.79. The summed E-state index contributed by atoms with van der Waals surface area (Å²) in [5.74, 6) is -0.961. The smallest absolute Gasteiger partial charge is 0.242 e. The molecule has 0 amide bonds. The number of rotatable bonds is 4. The lowest BCUT2D eigenvalue weighted by Crippen LogP contribution is -2.37. The molecule has 9 heteroatoms. The van der Waals surface area contributed by atoms with E-state index in [9.17, 15) is 12.8 Å². The fourth-order valence-corrected chi connectivity index (χ4v) is 3.09. The zero-order chi connectivity index (χ0) is 13.2. The zero-order valence-electron chi connectivity index (χ0n) is 9.28. The Balaban J connectivity index is 0.00000289. The lowest BCUT2D eigenvalue weighted by atomic mass is 10.3. The molecule has 0 aliphatic carbocycles. The van der Waals surface area contributed by atoms with Gasteiger partial charge in [-0.05, 0) is 19.1 Å². The van der Waals surface area contributed by atoms with Crippen LogP contribution in [0.3, 0.4) is 0 Å². The average molecular weight is 338 g/mol. The van der Waals surface area contributed by atoms with Crippen LogP contribution in [0.5, 0.6) is 0 Å². The molecule has 1 atom stereocenters. The fourth-order valence-electron chi connectivity index (χ4n) is 1.09. The number of nitrogens with two attached hydrogens (primary N) is 1. The number of hydrogen-bond donors (Lipinski definition) is 2. The molecule has 0 aromatic heterocycles. The lowest BCUT2D eigenvalue weighted by molar-refractivity contribution is 0.560. The van der Waals surface area contributed by atoms with E-state index >= 15 is 0 Å². The molecule has 0 spiro atoms. The van der Waals surface area contributed by atoms with Crippen LogP contribution in [0.15, 0.2) is 17.0 Å². The van der Waals surface area contributed by atoms with E-state index in [4.69, 9.17) is 28.9 Å². The van der Waals surface area contributed by atoms with Crippen molar-refractivity contribution >= 4 is 45.6 Å². The van der Waals surface area contributed by atoms with Crippen molar-refractivity contribution in [3.05, 3.63) is 28.0 Å². The summed E-state index contributed by atoms with van der Waals surface area (Å²) in [5, 5.41) is -0.768. The van der Waals surface area contributed by atoms with E-state index in [1.165, 1.54) is 0 Å². The highest BCUT2D eigenvalue weighted by molar-refractivity contribution is 7.89. The van der Waals surface area contributed by atoms with Gasteiger partial charge in [0.05, 0.1) is 10.0 Å². The third kappa shape index (κ3) is 3.94. The molecule has 18 heavy (non-hydrogen) atoms. The van der Waals surface area contributed by atoms with Gasteiger partial charge in [-0.2, -0.15) is 0 Å². The third-order valence-corrected chi connectivity index (χ3v) is 4.40. The molecule has 3 N–H and O–H groups in total. The first kappa shape index (κ1) is 17.9. The normalized spacial score (nSPS) is 12.9. The number of sulfonamides is 1. The van der Waals surface area contributed by atoms with E-state index in [0.717, 1.165) is 12.1 Å². The van der Waals surface area contributed by atoms with Crippen LogP contribution in [-0.2, 0) is 10.0 Å². The molecule has 0 bridgehead atoms. The Hall–Kier alpha value is -0.110. The van der Waals surface area contributed by atoms with Crippen LogP contribution in [0, 0.1) is 5.82 Å². The molecule has 4 nitrogen and oxygen atoms in total. The SMILES string of the molecule is C[C@@H](CN)NS(=O)(=O)c1ccc(Cl)c(F)c1Cl.Cl. The van der Waals surface area contributed by atoms with Crippen LogP contribution in [0.2, 0.25) is 10.0 Å². The molecule has 0 radical (unpaired) electrons. The van der Waals surface area contributed by atoms with E-state index in [1.54, 1.807) is 6.92 Å². The van der Waals surface area contributed by atoms with Gasteiger partial charge >= 0.3 is 0 Å². The Morgan fingerprint density at radius 3 is 2.50 bits per heavy atom. The van der Waals surface area contributed by atoms with Crippen molar-refractivity contribution in [3.8, 4) is 0 Å². The highest BCUT2D eigenvalue weighted by atomic mass is 35.5. The van der Waals surface area contributed by atoms with Gasteiger partial charge in [0.2, 0.25) is 10.0 Å². The van der Waals surface area contributed by atoms with E-state index in [2.05, 4.69) is 4.72 Å². The number of benzene rings is 1. The summed E-state index contributed by atoms with van der Waals surface area (Å²) in [6.45, 7) is 1.70. The molecule has 104 valence electrons. The molecule has 0 aliphatic heterocycles. The van der Waals surface area contributed by atoms with Gasteiger partial charge in [0.15, 0.2) is 5.82 Å². The van der Waals surface area contributed by atoms with E-state index in [1.807, 2.05) is 0 Å². The Kier molecular flexibility index (Phi) is 6.84. The molecule has 1 aromatic carbocycles. The van der Waals surface area contributed by atoms with Crippen LogP contribution in [0.1, 0.15) is 6.92 Å². The summed E-state index contributed by atoms with van der Waals surface area (Å²) in [6.07, 6.45) is 0. The molecule has 1 rings (SSSR count). The van der Waals surface area contributed by atoms with Crippen molar-refractivity contribution in [1.29, 1.82) is 0 Å². The summed E-state index contributed by atoms with van der Waals surface area (Å²) >= 11 is 11.1. The standard InChI is InChI=1S/C9H11Cl2FN2O2S.ClH/c1-5(4-13)14-17(15,16)7-3-2-6(10)9(12)8(7)11;/h2-3,5,14H,4,13H2,1H3;1H/t5-;/m0./s1. The van der Waals surface area contributed by atoms with Crippen molar-refractivity contribution < 1.29 is 12.8 Å². The van der Waals surface area contributed by atoms with Crippen molar-refractivity contribution in [3.63, 3.8) is 0 Å². The minimum absolute atomic E-state index is 0. The van der Waals surface area contributed by atoms with Crippen LogP contribution >= 0.6 is 35.6 Å². The largest absolute Gasteiger partial charge is 0.329 e. The molecule has 0 aliphatic rings. The van der Waals surface area contributed by atoms with Gasteiger partial charge in [0.1, 0.15) is 4.90 Å². The number of nitrogens with one attached hydrogen (secondary N) is 1. The maximum atomic E-state index is 13.4. The first-order valence-electron chi connectivity index (χ1n) is 4.65. The lowest BCUT2D eigenvalue weighted by Gasteiger charge is -2.13. The number of hydrogen-bond acceptors (Lipinski definition) is 3. The summed E-state index contributed by atoms with van der Waals surface area (Å²) in [5.41, 5.74) is 5.29. The summed E-state index contributed by atoms with van der Waals surface area (Å²) in [4.78, 5) is -0.360. The predicted molar refractivity (Wildman–Crippen MR) is 72.5 cm³/mol. The molecule has 0 saturated heterocycles. The van der Waals surface area contributed by atoms with Gasteiger partial charge in [-0.3, -0.25) is 0 Å². The molecule has 0 heterocycles. The van der Waals surface area contributed by atoms with Crippen LogP contribution in [-0.4, -0.2) is 21.0 Å². The van der Waals surface area contributed by atoms with Crippen molar-refractivity contribution in [2.24, 2.45) is 5.73 Å². The molecular weight excluding hydrogens is 326 g/mol. The highest BCUT2D eigenvalue weighted by Crippen LogP contribution is 2.29.